The maximum atomic E-state index is 5.71. The van der Waals surface area contributed by atoms with Crippen molar-refractivity contribution in [3.05, 3.63) is 129 Å². The van der Waals surface area contributed by atoms with Crippen LogP contribution in [0.4, 0.5) is 5.82 Å². The number of benzene rings is 4. The summed E-state index contributed by atoms with van der Waals surface area (Å²) in [7, 11) is 1.83. The number of aryl methyl sites for hydroxylation is 2. The molecule has 5 heterocycles. The van der Waals surface area contributed by atoms with Crippen LogP contribution in [0.5, 0.6) is 0 Å². The van der Waals surface area contributed by atoms with Crippen LogP contribution < -0.4 is 0 Å². The fraction of sp³-hybridized carbons (Fsp3) is 0.360. The quantitative estimate of drug-likeness (QED) is 0.154. The lowest BCUT2D eigenvalue weighted by atomic mass is 9.88. The summed E-state index contributed by atoms with van der Waals surface area (Å²) in [5.74, 6) is 5.42. The van der Waals surface area contributed by atoms with E-state index in [0.29, 0.717) is 18.3 Å². The van der Waals surface area contributed by atoms with Crippen molar-refractivity contribution < 1.29 is 0 Å². The molecule has 0 atom stereocenters. The van der Waals surface area contributed by atoms with Crippen LogP contribution in [0.2, 0.25) is 0 Å². The van der Waals surface area contributed by atoms with E-state index in [9.17, 15) is 0 Å². The summed E-state index contributed by atoms with van der Waals surface area (Å²) in [4.78, 5) is 34.6. The lowest BCUT2D eigenvalue weighted by molar-refractivity contribution is 0.490. The number of hydrogen-bond donors (Lipinski definition) is 0. The molecular weight excluding hydrogens is 713 g/mol. The van der Waals surface area contributed by atoms with E-state index in [2.05, 4.69) is 126 Å². The molecule has 5 aromatic rings. The number of fused-ring (bicyclic) bond motifs is 11. The van der Waals surface area contributed by atoms with Crippen LogP contribution in [-0.4, -0.2) is 51.5 Å². The van der Waals surface area contributed by atoms with Gasteiger partial charge in [-0.2, -0.15) is 0 Å². The highest BCUT2D eigenvalue weighted by Crippen LogP contribution is 2.43. The standard InChI is InChI=1S/C50H54N8/c1-20-21(2)29(10)37-36(28(20)9)18-57-19-58-49(55-45-39-31(12)23(4)22(3)30(11)38(39)44(51-17)52-45)42-34(15)26(7)27(8)35(16)43(42)50(58)56-47-41-33(14)25(6)24(5)32(13)40(41)46(53-47)54-48(37)57/h18H,19H2,1-17H3. The molecule has 0 aliphatic carbocycles. The van der Waals surface area contributed by atoms with Gasteiger partial charge in [0.1, 0.15) is 24.2 Å². The molecule has 9 rings (SSSR count). The van der Waals surface area contributed by atoms with Crippen LogP contribution in [0.25, 0.3) is 10.8 Å². The highest BCUT2D eigenvalue weighted by Gasteiger charge is 2.41. The third kappa shape index (κ3) is 4.74. The summed E-state index contributed by atoms with van der Waals surface area (Å²) < 4.78 is 2.31. The molecule has 0 spiro atoms. The summed E-state index contributed by atoms with van der Waals surface area (Å²) >= 11 is 0. The molecular formula is C50H54N8. The van der Waals surface area contributed by atoms with Crippen LogP contribution in [0.15, 0.2) is 36.2 Å². The molecule has 0 amide bonds. The van der Waals surface area contributed by atoms with Crippen LogP contribution in [0, 0.1) is 111 Å². The number of aromatic nitrogens is 1. The van der Waals surface area contributed by atoms with Crippen molar-refractivity contribution in [3.8, 4) is 0 Å². The molecule has 0 radical (unpaired) electrons. The molecule has 1 aromatic heterocycles. The topological polar surface area (TPSA) is 82.3 Å². The second kappa shape index (κ2) is 12.6. The zero-order chi connectivity index (χ0) is 41.7. The first-order chi connectivity index (χ1) is 27.4. The average Bonchev–Trinajstić information content (AvgIpc) is 3.94. The highest BCUT2D eigenvalue weighted by atomic mass is 15.4. The number of hydrogen-bond acceptors (Lipinski definition) is 5. The third-order valence-corrected chi connectivity index (χ3v) is 15.0. The van der Waals surface area contributed by atoms with Gasteiger partial charge in [0.25, 0.3) is 0 Å². The van der Waals surface area contributed by atoms with Gasteiger partial charge in [0, 0.05) is 57.4 Å². The Labute approximate surface area is 343 Å². The van der Waals surface area contributed by atoms with Gasteiger partial charge in [-0.15, -0.1) is 0 Å². The molecule has 4 aromatic carbocycles. The Bertz CT molecular complexity index is 3020. The Morgan fingerprint density at radius 3 is 1.48 bits per heavy atom. The fourth-order valence-electron chi connectivity index (χ4n) is 10.0. The van der Waals surface area contributed by atoms with Crippen molar-refractivity contribution >= 4 is 51.6 Å². The normalized spacial score (nSPS) is 16.7. The van der Waals surface area contributed by atoms with Gasteiger partial charge >= 0.3 is 0 Å². The molecule has 0 saturated carbocycles. The number of rotatable bonds is 0. The Morgan fingerprint density at radius 1 is 0.448 bits per heavy atom. The van der Waals surface area contributed by atoms with Crippen LogP contribution >= 0.6 is 0 Å². The highest BCUT2D eigenvalue weighted by molar-refractivity contribution is 6.35. The molecule has 2 bridgehead atoms. The van der Waals surface area contributed by atoms with E-state index >= 15 is 0 Å². The predicted octanol–water partition coefficient (Wildman–Crippen LogP) is 10.7. The van der Waals surface area contributed by atoms with Crippen molar-refractivity contribution in [2.24, 2.45) is 30.0 Å². The van der Waals surface area contributed by atoms with E-state index in [1.807, 2.05) is 7.05 Å². The van der Waals surface area contributed by atoms with E-state index in [1.54, 1.807) is 0 Å². The molecule has 0 saturated heterocycles. The minimum atomic E-state index is 0.445. The van der Waals surface area contributed by atoms with Crippen molar-refractivity contribution in [1.82, 2.24) is 9.47 Å². The molecule has 58 heavy (non-hydrogen) atoms. The first-order valence-corrected chi connectivity index (χ1v) is 20.5. The smallest absolute Gasteiger partial charge is 0.165 e. The van der Waals surface area contributed by atoms with Crippen molar-refractivity contribution in [3.63, 3.8) is 0 Å². The molecule has 0 fully saturated rings. The third-order valence-electron chi connectivity index (χ3n) is 15.0. The van der Waals surface area contributed by atoms with E-state index < -0.39 is 0 Å². The SMILES string of the molecule is CN=C1N=C(N=C2c3c(C)c(C)c(C)c(C)c3C3=NC4=NC(=Nc5c6c(C)c(C)c(C)c(C)c6cn5CN23)c2c(C)c(C)c(C)c(C)c24)c2c(C)c(C)c(C)c(C)c21. The second-order valence-corrected chi connectivity index (χ2v) is 17.3. The van der Waals surface area contributed by atoms with Crippen LogP contribution in [0.1, 0.15) is 122 Å². The van der Waals surface area contributed by atoms with Crippen molar-refractivity contribution in [1.29, 1.82) is 0 Å². The molecule has 0 unspecified atom stereocenters. The van der Waals surface area contributed by atoms with Gasteiger partial charge in [-0.05, 0) is 200 Å². The Morgan fingerprint density at radius 2 is 0.914 bits per heavy atom. The maximum Gasteiger partial charge on any atom is 0.165 e. The summed E-state index contributed by atoms with van der Waals surface area (Å²) in [5, 5.41) is 2.37. The lowest BCUT2D eigenvalue weighted by Crippen LogP contribution is -2.34. The Kier molecular flexibility index (Phi) is 8.22. The predicted molar refractivity (Wildman–Crippen MR) is 244 cm³/mol. The Balaban J connectivity index is 1.44. The molecule has 0 N–H and O–H groups in total. The fourth-order valence-corrected chi connectivity index (χ4v) is 10.0. The van der Waals surface area contributed by atoms with Crippen LogP contribution in [0.3, 0.4) is 0 Å². The van der Waals surface area contributed by atoms with E-state index in [1.165, 1.54) is 99.8 Å². The lowest BCUT2D eigenvalue weighted by Gasteiger charge is -2.23. The minimum Gasteiger partial charge on any atom is -0.313 e. The number of aliphatic imine (C=N–C) groups is 6. The summed E-state index contributed by atoms with van der Waals surface area (Å²) in [5.41, 5.74) is 26.3. The minimum absolute atomic E-state index is 0.445. The van der Waals surface area contributed by atoms with Crippen molar-refractivity contribution in [2.75, 3.05) is 7.05 Å². The van der Waals surface area contributed by atoms with Gasteiger partial charge in [0.15, 0.2) is 23.3 Å². The summed E-state index contributed by atoms with van der Waals surface area (Å²) in [6.07, 6.45) is 2.29. The summed E-state index contributed by atoms with van der Waals surface area (Å²) in [6.45, 7) is 36.0. The zero-order valence-electron chi connectivity index (χ0n) is 37.4. The Hall–Kier alpha value is -5.76. The van der Waals surface area contributed by atoms with E-state index in [0.717, 1.165) is 62.5 Å². The zero-order valence-corrected chi connectivity index (χ0v) is 37.4. The molecule has 4 aliphatic heterocycles. The van der Waals surface area contributed by atoms with Gasteiger partial charge in [0.05, 0.1) is 0 Å². The van der Waals surface area contributed by atoms with Gasteiger partial charge in [-0.3, -0.25) is 9.89 Å². The van der Waals surface area contributed by atoms with Gasteiger partial charge in [-0.1, -0.05) is 0 Å². The average molecular weight is 767 g/mol. The number of amidine groups is 6. The van der Waals surface area contributed by atoms with E-state index in [-0.39, 0.29) is 0 Å². The monoisotopic (exact) mass is 766 g/mol. The number of nitrogens with zero attached hydrogens (tertiary/aromatic N) is 8. The molecule has 8 heteroatoms. The molecule has 8 nitrogen and oxygen atoms in total. The van der Waals surface area contributed by atoms with Crippen LogP contribution in [-0.2, 0) is 6.67 Å². The second-order valence-electron chi connectivity index (χ2n) is 17.3. The molecule has 4 aliphatic rings. The van der Waals surface area contributed by atoms with Crippen molar-refractivity contribution in [2.45, 2.75) is 117 Å². The molecule has 294 valence electrons. The van der Waals surface area contributed by atoms with Gasteiger partial charge < -0.3 is 4.57 Å². The first-order valence-electron chi connectivity index (χ1n) is 20.5. The van der Waals surface area contributed by atoms with Gasteiger partial charge in [-0.25, -0.2) is 25.0 Å². The largest absolute Gasteiger partial charge is 0.313 e. The maximum absolute atomic E-state index is 5.71. The summed E-state index contributed by atoms with van der Waals surface area (Å²) in [6, 6.07) is 0. The van der Waals surface area contributed by atoms with E-state index in [4.69, 9.17) is 30.0 Å². The van der Waals surface area contributed by atoms with Gasteiger partial charge in [0.2, 0.25) is 0 Å². The first kappa shape index (κ1) is 37.8.